The molecule has 0 fully saturated rings. The van der Waals surface area contributed by atoms with Gasteiger partial charge >= 0.3 is 11.9 Å². The molecule has 1 aromatic rings. The van der Waals surface area contributed by atoms with Gasteiger partial charge in [0.15, 0.2) is 5.96 Å². The third-order valence-electron chi connectivity index (χ3n) is 2.15. The number of hydrogen-bond donors (Lipinski definition) is 3. The van der Waals surface area contributed by atoms with Gasteiger partial charge in [0.1, 0.15) is 5.75 Å². The Morgan fingerprint density at radius 1 is 1.18 bits per heavy atom. The van der Waals surface area contributed by atoms with Crippen molar-refractivity contribution in [2.75, 3.05) is 19.4 Å². The second kappa shape index (κ2) is 13.5. The van der Waals surface area contributed by atoms with Crippen molar-refractivity contribution in [3.63, 3.8) is 0 Å². The highest BCUT2D eigenvalue weighted by Gasteiger charge is 2.08. The van der Waals surface area contributed by atoms with Crippen molar-refractivity contribution in [1.82, 2.24) is 0 Å². The molecular weight excluding hydrogens is 390 g/mol. The number of carbonyl (C=O) groups excluding carboxylic acids is 2. The maximum Gasteiger partial charge on any atom is 0.338 e. The van der Waals surface area contributed by atoms with Gasteiger partial charge in [-0.15, -0.1) is 0 Å². The van der Waals surface area contributed by atoms with E-state index in [1.807, 2.05) is 0 Å². The van der Waals surface area contributed by atoms with Crippen molar-refractivity contribution in [1.29, 1.82) is 0 Å². The average molecular weight is 427 g/mol. The van der Waals surface area contributed by atoms with E-state index in [-0.39, 0.29) is 17.9 Å². The fourth-order valence-electron chi connectivity index (χ4n) is 1.26. The molecule has 0 heterocycles. The van der Waals surface area contributed by atoms with Crippen molar-refractivity contribution in [2.24, 2.45) is 16.5 Å². The van der Waals surface area contributed by atoms with E-state index in [1.54, 1.807) is 6.92 Å². The third-order valence-corrected chi connectivity index (χ3v) is 2.15. The molecule has 28 heavy (non-hydrogen) atoms. The molecule has 0 aliphatic carbocycles. The Morgan fingerprint density at radius 2 is 1.75 bits per heavy atom. The van der Waals surface area contributed by atoms with Gasteiger partial charge in [-0.05, 0) is 43.9 Å². The molecule has 0 amide bonds. The van der Waals surface area contributed by atoms with Crippen LogP contribution in [0.4, 0.5) is 0 Å². The Labute approximate surface area is 177 Å². The molecule has 0 saturated carbocycles. The van der Waals surface area contributed by atoms with Crippen LogP contribution in [0, 0.1) is 0 Å². The molecule has 158 valence electrons. The second-order valence-electron chi connectivity index (χ2n) is 4.57. The first kappa shape index (κ1) is 13.5. The van der Waals surface area contributed by atoms with Crippen molar-refractivity contribution in [3.8, 4) is 5.75 Å². The second-order valence-corrected chi connectivity index (χ2v) is 6.04. The summed E-state index contributed by atoms with van der Waals surface area (Å²) in [6.45, 7) is -0.631. The zero-order chi connectivity index (χ0) is 29.6. The Morgan fingerprint density at radius 3 is 2.25 bits per heavy atom. The largest absolute Gasteiger partial charge is 0.462 e. The summed E-state index contributed by atoms with van der Waals surface area (Å²) >= 11 is 0. The highest BCUT2D eigenvalue weighted by molar-refractivity contribution is 7.85. The van der Waals surface area contributed by atoms with E-state index in [4.69, 9.17) is 37.8 Å². The van der Waals surface area contributed by atoms with Gasteiger partial charge in [0, 0.05) is 23.9 Å². The van der Waals surface area contributed by atoms with Crippen molar-refractivity contribution >= 4 is 28.0 Å². The first-order valence-electron chi connectivity index (χ1n) is 11.9. The number of benzene rings is 1. The molecule has 1 unspecified atom stereocenters. The van der Waals surface area contributed by atoms with Gasteiger partial charge in [0.05, 0.1) is 19.8 Å². The highest BCUT2D eigenvalue weighted by atomic mass is 32.2. The molecule has 1 aromatic carbocycles. The number of aliphatic imine (C=N–C) groups is 1. The maximum absolute atomic E-state index is 12.4. The van der Waals surface area contributed by atoms with E-state index in [2.05, 4.69) is 4.99 Å². The van der Waals surface area contributed by atoms with Crippen LogP contribution in [-0.4, -0.2) is 50.3 Å². The number of esters is 2. The van der Waals surface area contributed by atoms with E-state index in [1.165, 1.54) is 12.1 Å². The average Bonchev–Trinajstić information content (AvgIpc) is 2.72. The van der Waals surface area contributed by atoms with Crippen LogP contribution in [0.25, 0.3) is 0 Å². The van der Waals surface area contributed by atoms with Gasteiger partial charge in [0.25, 0.3) is 10.1 Å². The zero-order valence-corrected chi connectivity index (χ0v) is 15.8. The van der Waals surface area contributed by atoms with Crippen LogP contribution in [0.15, 0.2) is 29.3 Å². The Kier molecular flexibility index (Phi) is 6.51. The normalized spacial score (nSPS) is 18.2. The molecule has 11 heteroatoms. The van der Waals surface area contributed by atoms with Crippen LogP contribution < -0.4 is 16.2 Å². The summed E-state index contributed by atoms with van der Waals surface area (Å²) in [7, 11) is -3.67. The Hall–Kier alpha value is -2.66. The van der Waals surface area contributed by atoms with Gasteiger partial charge < -0.3 is 20.9 Å². The minimum atomic E-state index is -3.84. The number of nitrogens with zero attached hydrogens (tertiary/aromatic N) is 1. The van der Waals surface area contributed by atoms with Crippen LogP contribution >= 0.6 is 0 Å². The van der Waals surface area contributed by atoms with Crippen molar-refractivity contribution in [3.05, 3.63) is 29.8 Å². The summed E-state index contributed by atoms with van der Waals surface area (Å²) in [5.41, 5.74) is 10.2. The molecule has 0 aliphatic rings. The first-order chi connectivity index (χ1) is 16.4. The minimum absolute atomic E-state index is 0.107. The van der Waals surface area contributed by atoms with Crippen LogP contribution in [0.5, 0.6) is 5.75 Å². The third kappa shape index (κ3) is 15.6. The fourth-order valence-corrected chi connectivity index (χ4v) is 1.26. The molecular formula is C17H27N3O7S. The Balaban J connectivity index is 0.00000235. The van der Waals surface area contributed by atoms with Gasteiger partial charge in [-0.3, -0.25) is 14.3 Å². The summed E-state index contributed by atoms with van der Waals surface area (Å²) < 4.78 is 106. The lowest BCUT2D eigenvalue weighted by molar-refractivity contribution is -0.134. The van der Waals surface area contributed by atoms with Gasteiger partial charge in [-0.1, -0.05) is 6.37 Å². The van der Waals surface area contributed by atoms with E-state index >= 15 is 0 Å². The predicted molar refractivity (Wildman–Crippen MR) is 105 cm³/mol. The van der Waals surface area contributed by atoms with Gasteiger partial charge in [-0.25, -0.2) is 4.79 Å². The van der Waals surface area contributed by atoms with Crippen LogP contribution in [-0.2, 0) is 19.6 Å². The molecule has 0 bridgehead atoms. The van der Waals surface area contributed by atoms with Crippen LogP contribution in [0.3, 0.4) is 0 Å². The number of rotatable bonds is 9. The molecule has 10 nitrogen and oxygen atoms in total. The molecule has 0 aliphatic heterocycles. The molecule has 0 radical (unpaired) electrons. The smallest absolute Gasteiger partial charge is 0.338 e. The SMILES string of the molecule is CS(=O)(=O)O.[2H]C(N=C(N)N)C([2H])([2H])C([2H])([2H])C([2H])([2H])C([2H])([2H])C(=O)Oc1ccc(C(=O)OCC)cc1. The Bertz CT molecular complexity index is 1090. The fraction of sp³-hybridized carbons (Fsp3) is 0.471. The highest BCUT2D eigenvalue weighted by Crippen LogP contribution is 2.14. The number of carbonyl (C=O) groups is 2. The van der Waals surface area contributed by atoms with Crippen molar-refractivity contribution < 1.29 is 44.4 Å². The number of hydrogen-bond acceptors (Lipinski definition) is 7. The minimum Gasteiger partial charge on any atom is -0.462 e. The number of guanidine groups is 1. The summed E-state index contributed by atoms with van der Waals surface area (Å²) in [5, 5.41) is 0. The maximum atomic E-state index is 12.4. The zero-order valence-electron chi connectivity index (χ0n) is 24.0. The van der Waals surface area contributed by atoms with Crippen LogP contribution in [0.1, 0.15) is 55.1 Å². The van der Waals surface area contributed by atoms with Gasteiger partial charge in [0.2, 0.25) is 0 Å². The molecule has 0 saturated heterocycles. The lowest BCUT2D eigenvalue weighted by atomic mass is 10.2. The summed E-state index contributed by atoms with van der Waals surface area (Å²) in [6, 6.07) is 4.65. The topological polar surface area (TPSA) is 171 Å². The van der Waals surface area contributed by atoms with Gasteiger partial charge in [-0.2, -0.15) is 8.42 Å². The number of ether oxygens (including phenoxy) is 2. The van der Waals surface area contributed by atoms with E-state index < -0.39 is 60.0 Å². The standard InChI is InChI=1S/C16H23N3O4.CH4O3S/c1-2-22-15(21)12-7-9-13(10-8-12)23-14(20)6-4-3-5-11-19-16(17)18;1-5(2,3)4/h7-10H,2-6,11H2,1H3,(H4,17,18,19);1H3,(H,2,3,4)/i3D2,4D2,5D2,6D2,11D;. The lowest BCUT2D eigenvalue weighted by Crippen LogP contribution is -2.22. The summed E-state index contributed by atoms with van der Waals surface area (Å²) in [5.74, 6) is -3.57. The summed E-state index contributed by atoms with van der Waals surface area (Å²) in [4.78, 5) is 27.2. The van der Waals surface area contributed by atoms with Crippen LogP contribution in [0.2, 0.25) is 0 Å². The predicted octanol–water partition coefficient (Wildman–Crippen LogP) is 1.11. The van der Waals surface area contributed by atoms with E-state index in [9.17, 15) is 18.0 Å². The molecule has 5 N–H and O–H groups in total. The monoisotopic (exact) mass is 426 g/mol. The van der Waals surface area contributed by atoms with Crippen molar-refractivity contribution in [2.45, 2.75) is 32.4 Å². The quantitative estimate of drug-likeness (QED) is 0.172. The molecule has 0 aromatic heterocycles. The van der Waals surface area contributed by atoms with E-state index in [0.717, 1.165) is 12.1 Å². The lowest BCUT2D eigenvalue weighted by Gasteiger charge is -2.05. The summed E-state index contributed by atoms with van der Waals surface area (Å²) in [6.07, 6.45) is -14.1. The van der Waals surface area contributed by atoms with E-state index in [0.29, 0.717) is 6.26 Å². The molecule has 0 spiro atoms. The number of nitrogens with two attached hydrogens (primary N) is 2. The molecule has 1 rings (SSSR count). The molecule has 1 atom stereocenters. The first-order valence-corrected chi connectivity index (χ1v) is 9.21.